The van der Waals surface area contributed by atoms with Crippen LogP contribution in [0.15, 0.2) is 16.8 Å². The number of thiophene rings is 1. The smallest absolute Gasteiger partial charge is 0.252 e. The van der Waals surface area contributed by atoms with Gasteiger partial charge < -0.3 is 10.6 Å². The maximum Gasteiger partial charge on any atom is 0.252 e. The van der Waals surface area contributed by atoms with E-state index in [0.717, 1.165) is 25.1 Å². The van der Waals surface area contributed by atoms with Crippen LogP contribution < -0.4 is 10.6 Å². The molecule has 0 saturated carbocycles. The number of carbonyl (C=O) groups is 1. The van der Waals surface area contributed by atoms with Gasteiger partial charge in [-0.2, -0.15) is 11.3 Å². The fourth-order valence-electron chi connectivity index (χ4n) is 1.86. The summed E-state index contributed by atoms with van der Waals surface area (Å²) in [5.41, 5.74) is 0.777. The van der Waals surface area contributed by atoms with Crippen LogP contribution in [0.4, 0.5) is 0 Å². The molecule has 2 rings (SSSR count). The van der Waals surface area contributed by atoms with E-state index in [1.807, 2.05) is 16.8 Å². The van der Waals surface area contributed by atoms with E-state index in [2.05, 4.69) is 10.6 Å². The molecule has 1 atom stereocenters. The minimum atomic E-state index is 0.0502. The highest BCUT2D eigenvalue weighted by Crippen LogP contribution is 2.08. The van der Waals surface area contributed by atoms with Gasteiger partial charge in [0.1, 0.15) is 0 Å². The van der Waals surface area contributed by atoms with Crippen molar-refractivity contribution in [2.75, 3.05) is 13.1 Å². The molecule has 1 aliphatic heterocycles. The predicted octanol–water partition coefficient (Wildman–Crippen LogP) is 1.62. The molecule has 3 nitrogen and oxygen atoms in total. The summed E-state index contributed by atoms with van der Waals surface area (Å²) < 4.78 is 0. The summed E-state index contributed by atoms with van der Waals surface area (Å²) in [5.74, 6) is 0.0502. The van der Waals surface area contributed by atoms with E-state index in [1.165, 1.54) is 12.8 Å². The molecule has 82 valence electrons. The van der Waals surface area contributed by atoms with Crippen molar-refractivity contribution < 1.29 is 4.79 Å². The van der Waals surface area contributed by atoms with E-state index in [-0.39, 0.29) is 5.91 Å². The Morgan fingerprint density at radius 2 is 2.60 bits per heavy atom. The number of nitrogens with one attached hydrogen (secondary N) is 2. The molecule has 0 aromatic carbocycles. The van der Waals surface area contributed by atoms with Gasteiger partial charge in [-0.3, -0.25) is 4.79 Å². The lowest BCUT2D eigenvalue weighted by molar-refractivity contribution is 0.0953. The van der Waals surface area contributed by atoms with Crippen LogP contribution in [0.1, 0.15) is 29.6 Å². The molecular formula is C11H16N2OS. The third-order valence-corrected chi connectivity index (χ3v) is 3.41. The van der Waals surface area contributed by atoms with Crippen LogP contribution in [-0.2, 0) is 0 Å². The Morgan fingerprint density at radius 3 is 3.27 bits per heavy atom. The van der Waals surface area contributed by atoms with Crippen molar-refractivity contribution in [2.45, 2.75) is 25.3 Å². The zero-order chi connectivity index (χ0) is 10.5. The van der Waals surface area contributed by atoms with Gasteiger partial charge in [-0.1, -0.05) is 0 Å². The highest BCUT2D eigenvalue weighted by molar-refractivity contribution is 7.08. The summed E-state index contributed by atoms with van der Waals surface area (Å²) in [6, 6.07) is 2.46. The van der Waals surface area contributed by atoms with Crippen LogP contribution >= 0.6 is 11.3 Å². The van der Waals surface area contributed by atoms with E-state index >= 15 is 0 Å². The van der Waals surface area contributed by atoms with Crippen LogP contribution in [-0.4, -0.2) is 25.0 Å². The zero-order valence-corrected chi connectivity index (χ0v) is 9.48. The van der Waals surface area contributed by atoms with Gasteiger partial charge in [0, 0.05) is 23.5 Å². The lowest BCUT2D eigenvalue weighted by Gasteiger charge is -2.10. The zero-order valence-electron chi connectivity index (χ0n) is 8.66. The third kappa shape index (κ3) is 3.04. The summed E-state index contributed by atoms with van der Waals surface area (Å²) in [6.07, 6.45) is 3.55. The Kier molecular flexibility index (Phi) is 3.75. The van der Waals surface area contributed by atoms with Gasteiger partial charge in [-0.05, 0) is 37.3 Å². The largest absolute Gasteiger partial charge is 0.352 e. The normalized spacial score (nSPS) is 20.4. The molecule has 1 aliphatic rings. The maximum atomic E-state index is 11.6. The first-order valence-electron chi connectivity index (χ1n) is 5.40. The molecule has 0 bridgehead atoms. The van der Waals surface area contributed by atoms with Gasteiger partial charge in [0.25, 0.3) is 5.91 Å². The SMILES string of the molecule is O=C(NCC[C@@H]1CCCN1)c1ccsc1. The number of rotatable bonds is 4. The van der Waals surface area contributed by atoms with Crippen molar-refractivity contribution in [2.24, 2.45) is 0 Å². The van der Waals surface area contributed by atoms with Gasteiger partial charge in [0.2, 0.25) is 0 Å². The van der Waals surface area contributed by atoms with Crippen molar-refractivity contribution >= 4 is 17.2 Å². The average Bonchev–Trinajstić information content (AvgIpc) is 2.90. The predicted molar refractivity (Wildman–Crippen MR) is 62.3 cm³/mol. The third-order valence-electron chi connectivity index (χ3n) is 2.72. The van der Waals surface area contributed by atoms with Crippen molar-refractivity contribution in [3.8, 4) is 0 Å². The Hall–Kier alpha value is -0.870. The lowest BCUT2D eigenvalue weighted by atomic mass is 10.1. The topological polar surface area (TPSA) is 41.1 Å². The number of amides is 1. The van der Waals surface area contributed by atoms with Gasteiger partial charge >= 0.3 is 0 Å². The number of carbonyl (C=O) groups excluding carboxylic acids is 1. The Balaban J connectivity index is 1.67. The van der Waals surface area contributed by atoms with Crippen LogP contribution in [0.3, 0.4) is 0 Å². The highest BCUT2D eigenvalue weighted by atomic mass is 32.1. The molecule has 2 N–H and O–H groups in total. The minimum absolute atomic E-state index is 0.0502. The highest BCUT2D eigenvalue weighted by Gasteiger charge is 2.13. The summed E-state index contributed by atoms with van der Waals surface area (Å²) in [6.45, 7) is 1.90. The van der Waals surface area contributed by atoms with Gasteiger partial charge in [-0.25, -0.2) is 0 Å². The van der Waals surface area contributed by atoms with Crippen molar-refractivity contribution in [1.82, 2.24) is 10.6 Å². The Morgan fingerprint density at radius 1 is 1.67 bits per heavy atom. The van der Waals surface area contributed by atoms with Crippen molar-refractivity contribution in [1.29, 1.82) is 0 Å². The van der Waals surface area contributed by atoms with E-state index < -0.39 is 0 Å². The molecule has 15 heavy (non-hydrogen) atoms. The quantitative estimate of drug-likeness (QED) is 0.816. The minimum Gasteiger partial charge on any atom is -0.352 e. The molecule has 0 spiro atoms. The molecule has 1 saturated heterocycles. The molecular weight excluding hydrogens is 208 g/mol. The molecule has 1 amide bonds. The van der Waals surface area contributed by atoms with Crippen LogP contribution in [0, 0.1) is 0 Å². The van der Waals surface area contributed by atoms with Crippen molar-refractivity contribution in [3.05, 3.63) is 22.4 Å². The standard InChI is InChI=1S/C11H16N2OS/c14-11(9-4-7-15-8-9)13-6-3-10-2-1-5-12-10/h4,7-8,10,12H,1-3,5-6H2,(H,13,14)/t10-/m0/s1. The van der Waals surface area contributed by atoms with Gasteiger partial charge in [0.05, 0.1) is 0 Å². The monoisotopic (exact) mass is 224 g/mol. The first kappa shape index (κ1) is 10.6. The molecule has 0 radical (unpaired) electrons. The van der Waals surface area contributed by atoms with E-state index in [0.29, 0.717) is 6.04 Å². The molecule has 1 aromatic rings. The van der Waals surface area contributed by atoms with E-state index in [9.17, 15) is 4.79 Å². The second-order valence-corrected chi connectivity index (χ2v) is 4.63. The summed E-state index contributed by atoms with van der Waals surface area (Å²) >= 11 is 1.55. The van der Waals surface area contributed by atoms with Crippen LogP contribution in [0.2, 0.25) is 0 Å². The molecule has 0 aliphatic carbocycles. The fraction of sp³-hybridized carbons (Fsp3) is 0.545. The molecule has 1 fully saturated rings. The van der Waals surface area contributed by atoms with E-state index in [4.69, 9.17) is 0 Å². The Bertz CT molecular complexity index is 304. The second-order valence-electron chi connectivity index (χ2n) is 3.85. The number of hydrogen-bond acceptors (Lipinski definition) is 3. The molecule has 2 heterocycles. The van der Waals surface area contributed by atoms with E-state index in [1.54, 1.807) is 11.3 Å². The molecule has 0 unspecified atom stereocenters. The van der Waals surface area contributed by atoms with Crippen molar-refractivity contribution in [3.63, 3.8) is 0 Å². The van der Waals surface area contributed by atoms with Gasteiger partial charge in [-0.15, -0.1) is 0 Å². The summed E-state index contributed by atoms with van der Waals surface area (Å²) in [7, 11) is 0. The first-order chi connectivity index (χ1) is 7.36. The van der Waals surface area contributed by atoms with Crippen LogP contribution in [0.5, 0.6) is 0 Å². The van der Waals surface area contributed by atoms with Crippen LogP contribution in [0.25, 0.3) is 0 Å². The molecule has 1 aromatic heterocycles. The first-order valence-corrected chi connectivity index (χ1v) is 6.34. The summed E-state index contributed by atoms with van der Waals surface area (Å²) in [5, 5.41) is 10.2. The lowest BCUT2D eigenvalue weighted by Crippen LogP contribution is -2.30. The van der Waals surface area contributed by atoms with Gasteiger partial charge in [0.15, 0.2) is 0 Å². The Labute approximate surface area is 93.9 Å². The molecule has 4 heteroatoms. The fourth-order valence-corrected chi connectivity index (χ4v) is 2.49. The second kappa shape index (κ2) is 5.28. The number of hydrogen-bond donors (Lipinski definition) is 2. The summed E-state index contributed by atoms with van der Waals surface area (Å²) in [4.78, 5) is 11.6. The average molecular weight is 224 g/mol. The maximum absolute atomic E-state index is 11.6.